The van der Waals surface area contributed by atoms with Crippen molar-refractivity contribution in [3.8, 4) is 0 Å². The summed E-state index contributed by atoms with van der Waals surface area (Å²) in [6, 6.07) is 15.2. The van der Waals surface area contributed by atoms with Crippen LogP contribution in [0.5, 0.6) is 0 Å². The highest BCUT2D eigenvalue weighted by atomic mass is 19.1. The molecule has 2 N–H and O–H groups in total. The number of halogens is 1. The summed E-state index contributed by atoms with van der Waals surface area (Å²) in [4.78, 5) is 4.29. The first kappa shape index (κ1) is 19.6. The Hall–Kier alpha value is -3.15. The normalized spacial score (nSPS) is 11.5. The van der Waals surface area contributed by atoms with Crippen molar-refractivity contribution in [1.29, 1.82) is 0 Å². The lowest BCUT2D eigenvalue weighted by molar-refractivity contribution is 0.625. The van der Waals surface area contributed by atoms with Crippen LogP contribution in [0.1, 0.15) is 22.3 Å². The van der Waals surface area contributed by atoms with Crippen LogP contribution in [0.25, 0.3) is 0 Å². The van der Waals surface area contributed by atoms with E-state index in [2.05, 4.69) is 32.9 Å². The van der Waals surface area contributed by atoms with Gasteiger partial charge in [-0.3, -0.25) is 9.67 Å². The number of hydrogen-bond donors (Lipinski definition) is 2. The molecule has 0 bridgehead atoms. The van der Waals surface area contributed by atoms with E-state index >= 15 is 0 Å². The lowest BCUT2D eigenvalue weighted by Crippen LogP contribution is -2.38. The Kier molecular flexibility index (Phi) is 6.78. The molecular formula is C22H26FN5. The van der Waals surface area contributed by atoms with Crippen LogP contribution in [-0.2, 0) is 19.5 Å². The first-order valence-electron chi connectivity index (χ1n) is 9.39. The maximum atomic E-state index is 13.2. The molecule has 0 radical (unpaired) electrons. The average molecular weight is 379 g/mol. The van der Waals surface area contributed by atoms with E-state index in [-0.39, 0.29) is 5.82 Å². The van der Waals surface area contributed by atoms with E-state index in [0.29, 0.717) is 6.54 Å². The molecule has 0 unspecified atom stereocenters. The summed E-state index contributed by atoms with van der Waals surface area (Å²) in [5, 5.41) is 11.0. The quantitative estimate of drug-likeness (QED) is 0.489. The zero-order valence-electron chi connectivity index (χ0n) is 16.3. The molecule has 1 aromatic heterocycles. The number of aryl methyl sites for hydroxylation is 1. The smallest absolute Gasteiger partial charge is 0.191 e. The number of nitrogens with one attached hydrogen (secondary N) is 2. The number of nitrogens with zero attached hydrogens (tertiary/aromatic N) is 3. The van der Waals surface area contributed by atoms with Gasteiger partial charge in [-0.15, -0.1) is 0 Å². The van der Waals surface area contributed by atoms with Gasteiger partial charge >= 0.3 is 0 Å². The van der Waals surface area contributed by atoms with Gasteiger partial charge in [0.05, 0.1) is 6.54 Å². The monoisotopic (exact) mass is 379 g/mol. The van der Waals surface area contributed by atoms with Gasteiger partial charge in [-0.25, -0.2) is 4.39 Å². The molecule has 3 rings (SSSR count). The summed E-state index contributed by atoms with van der Waals surface area (Å²) in [6.45, 7) is 4.07. The van der Waals surface area contributed by atoms with Crippen LogP contribution in [-0.4, -0.2) is 29.3 Å². The Bertz CT molecular complexity index is 918. The fourth-order valence-electron chi connectivity index (χ4n) is 3.11. The van der Waals surface area contributed by atoms with Gasteiger partial charge in [-0.05, 0) is 53.8 Å². The predicted molar refractivity (Wildman–Crippen MR) is 111 cm³/mol. The van der Waals surface area contributed by atoms with E-state index in [1.165, 1.54) is 17.2 Å². The van der Waals surface area contributed by atoms with Crippen molar-refractivity contribution in [2.24, 2.45) is 4.99 Å². The molecule has 0 aliphatic carbocycles. The molecule has 0 spiro atoms. The minimum absolute atomic E-state index is 0.194. The molecule has 1 heterocycles. The predicted octanol–water partition coefficient (Wildman–Crippen LogP) is 3.29. The maximum absolute atomic E-state index is 13.2. The van der Waals surface area contributed by atoms with E-state index in [1.54, 1.807) is 19.3 Å². The highest BCUT2D eigenvalue weighted by Gasteiger charge is 2.05. The zero-order chi connectivity index (χ0) is 19.8. The van der Waals surface area contributed by atoms with Crippen LogP contribution >= 0.6 is 0 Å². The molecule has 3 aromatic rings. The number of hydrogen-bond acceptors (Lipinski definition) is 2. The molecular weight excluding hydrogens is 353 g/mol. The van der Waals surface area contributed by atoms with Crippen molar-refractivity contribution in [2.75, 3.05) is 13.6 Å². The summed E-state index contributed by atoms with van der Waals surface area (Å²) < 4.78 is 15.1. The van der Waals surface area contributed by atoms with Gasteiger partial charge in [0.1, 0.15) is 5.82 Å². The SMILES string of the molecule is CN=C(NCCc1ccc(F)cc1C)NCc1ccccc1Cn1cccn1. The Morgan fingerprint density at radius 2 is 1.89 bits per heavy atom. The molecule has 0 fully saturated rings. The van der Waals surface area contributed by atoms with Gasteiger partial charge in [0.2, 0.25) is 0 Å². The van der Waals surface area contributed by atoms with Crippen molar-refractivity contribution in [3.05, 3.63) is 89.0 Å². The Labute approximate surface area is 165 Å². The molecule has 28 heavy (non-hydrogen) atoms. The fourth-order valence-corrected chi connectivity index (χ4v) is 3.11. The van der Waals surface area contributed by atoms with Crippen LogP contribution in [0.2, 0.25) is 0 Å². The third kappa shape index (κ3) is 5.42. The second-order valence-corrected chi connectivity index (χ2v) is 6.65. The van der Waals surface area contributed by atoms with E-state index in [0.717, 1.165) is 36.6 Å². The highest BCUT2D eigenvalue weighted by molar-refractivity contribution is 5.79. The number of benzene rings is 2. The molecule has 0 amide bonds. The van der Waals surface area contributed by atoms with Crippen LogP contribution in [0.4, 0.5) is 4.39 Å². The topological polar surface area (TPSA) is 54.2 Å². The van der Waals surface area contributed by atoms with Gasteiger partial charge in [0.25, 0.3) is 0 Å². The van der Waals surface area contributed by atoms with Crippen molar-refractivity contribution >= 4 is 5.96 Å². The Morgan fingerprint density at radius 1 is 1.07 bits per heavy atom. The number of aromatic nitrogens is 2. The second-order valence-electron chi connectivity index (χ2n) is 6.65. The van der Waals surface area contributed by atoms with Gasteiger partial charge < -0.3 is 10.6 Å². The van der Waals surface area contributed by atoms with Crippen molar-refractivity contribution in [2.45, 2.75) is 26.4 Å². The molecule has 0 saturated carbocycles. The molecule has 6 heteroatoms. The molecule has 2 aromatic carbocycles. The summed E-state index contributed by atoms with van der Waals surface area (Å²) >= 11 is 0. The second kappa shape index (κ2) is 9.69. The molecule has 0 aliphatic rings. The number of guanidine groups is 1. The summed E-state index contributed by atoms with van der Waals surface area (Å²) in [5.74, 6) is 0.550. The van der Waals surface area contributed by atoms with E-state index in [1.807, 2.05) is 42.1 Å². The van der Waals surface area contributed by atoms with Crippen LogP contribution in [0.15, 0.2) is 65.9 Å². The Balaban J connectivity index is 1.53. The minimum atomic E-state index is -0.194. The fraction of sp³-hybridized carbons (Fsp3) is 0.273. The molecule has 0 atom stereocenters. The number of aliphatic imine (C=N–C) groups is 1. The van der Waals surface area contributed by atoms with Crippen LogP contribution in [0, 0.1) is 12.7 Å². The van der Waals surface area contributed by atoms with E-state index < -0.39 is 0 Å². The van der Waals surface area contributed by atoms with Crippen molar-refractivity contribution < 1.29 is 4.39 Å². The molecule has 5 nitrogen and oxygen atoms in total. The Morgan fingerprint density at radius 3 is 2.61 bits per heavy atom. The summed E-state index contributed by atoms with van der Waals surface area (Å²) in [5.41, 5.74) is 4.53. The first-order valence-corrected chi connectivity index (χ1v) is 9.39. The van der Waals surface area contributed by atoms with E-state index in [9.17, 15) is 4.39 Å². The van der Waals surface area contributed by atoms with Gasteiger partial charge in [-0.1, -0.05) is 30.3 Å². The van der Waals surface area contributed by atoms with Crippen molar-refractivity contribution in [1.82, 2.24) is 20.4 Å². The van der Waals surface area contributed by atoms with Crippen LogP contribution < -0.4 is 10.6 Å². The average Bonchev–Trinajstić information content (AvgIpc) is 3.20. The molecule has 146 valence electrons. The number of rotatable bonds is 7. The molecule has 0 saturated heterocycles. The lowest BCUT2D eigenvalue weighted by Gasteiger charge is -2.15. The third-order valence-electron chi connectivity index (χ3n) is 4.67. The largest absolute Gasteiger partial charge is 0.356 e. The maximum Gasteiger partial charge on any atom is 0.191 e. The van der Waals surface area contributed by atoms with Gasteiger partial charge in [0, 0.05) is 32.5 Å². The third-order valence-corrected chi connectivity index (χ3v) is 4.67. The van der Waals surface area contributed by atoms with Crippen LogP contribution in [0.3, 0.4) is 0 Å². The lowest BCUT2D eigenvalue weighted by atomic mass is 10.1. The van der Waals surface area contributed by atoms with Gasteiger partial charge in [0.15, 0.2) is 5.96 Å². The molecule has 0 aliphatic heterocycles. The van der Waals surface area contributed by atoms with Crippen molar-refractivity contribution in [3.63, 3.8) is 0 Å². The van der Waals surface area contributed by atoms with Gasteiger partial charge in [-0.2, -0.15) is 5.10 Å². The minimum Gasteiger partial charge on any atom is -0.356 e. The standard InChI is InChI=1S/C22H26FN5/c1-17-14-21(23)9-8-18(17)10-12-25-22(24-2)26-15-19-6-3-4-7-20(19)16-28-13-5-11-27-28/h3-9,11,13-14H,10,12,15-16H2,1-2H3,(H2,24,25,26). The van der Waals surface area contributed by atoms with E-state index in [4.69, 9.17) is 0 Å². The summed E-state index contributed by atoms with van der Waals surface area (Å²) in [6.07, 6.45) is 4.56. The first-order chi connectivity index (χ1) is 13.7. The highest BCUT2D eigenvalue weighted by Crippen LogP contribution is 2.11. The summed E-state index contributed by atoms with van der Waals surface area (Å²) in [7, 11) is 1.76. The zero-order valence-corrected chi connectivity index (χ0v) is 16.3.